The van der Waals surface area contributed by atoms with Gasteiger partial charge in [-0.2, -0.15) is 4.98 Å². The van der Waals surface area contributed by atoms with Crippen LogP contribution in [0.25, 0.3) is 21.8 Å². The molecule has 9 heteroatoms. The third-order valence-electron chi connectivity index (χ3n) is 6.68. The number of nitrogens with zero attached hydrogens (tertiary/aromatic N) is 4. The van der Waals surface area contributed by atoms with Gasteiger partial charge in [0.05, 0.1) is 12.1 Å². The molecule has 0 spiro atoms. The van der Waals surface area contributed by atoms with Crippen molar-refractivity contribution in [3.05, 3.63) is 76.8 Å². The largest absolute Gasteiger partial charge is 0.363 e. The van der Waals surface area contributed by atoms with Crippen LogP contribution in [0.15, 0.2) is 66.9 Å². The zero-order valence-electron chi connectivity index (χ0n) is 21.5. The van der Waals surface area contributed by atoms with E-state index >= 15 is 0 Å². The summed E-state index contributed by atoms with van der Waals surface area (Å²) in [4.78, 5) is 29.9. The molecule has 1 fully saturated rings. The van der Waals surface area contributed by atoms with Gasteiger partial charge in [-0.25, -0.2) is 9.97 Å². The molecule has 196 valence electrons. The fourth-order valence-corrected chi connectivity index (χ4v) is 5.88. The Morgan fingerprint density at radius 1 is 0.947 bits per heavy atom. The van der Waals surface area contributed by atoms with Crippen molar-refractivity contribution in [3.63, 3.8) is 0 Å². The van der Waals surface area contributed by atoms with Gasteiger partial charge >= 0.3 is 0 Å². The van der Waals surface area contributed by atoms with Gasteiger partial charge in [-0.15, -0.1) is 11.3 Å². The number of benzene rings is 2. The van der Waals surface area contributed by atoms with Gasteiger partial charge in [-0.05, 0) is 43.9 Å². The summed E-state index contributed by atoms with van der Waals surface area (Å²) in [6.07, 6.45) is 5.81. The van der Waals surface area contributed by atoms with Crippen molar-refractivity contribution < 1.29 is 4.79 Å². The van der Waals surface area contributed by atoms with E-state index in [0.29, 0.717) is 23.4 Å². The Morgan fingerprint density at radius 3 is 2.37 bits per heavy atom. The molecule has 2 aromatic carbocycles. The highest BCUT2D eigenvalue weighted by molar-refractivity contribution is 7.15. The molecule has 2 N–H and O–H groups in total. The lowest BCUT2D eigenvalue weighted by Gasteiger charge is -2.29. The molecule has 2 aromatic heterocycles. The van der Waals surface area contributed by atoms with Crippen LogP contribution in [0.3, 0.4) is 0 Å². The molecule has 1 saturated carbocycles. The average molecular weight is 547 g/mol. The summed E-state index contributed by atoms with van der Waals surface area (Å²) in [7, 11) is 3.93. The minimum Gasteiger partial charge on any atom is -0.363 e. The van der Waals surface area contributed by atoms with Gasteiger partial charge in [0.2, 0.25) is 11.9 Å². The van der Waals surface area contributed by atoms with E-state index in [0.717, 1.165) is 58.2 Å². The predicted octanol–water partition coefficient (Wildman–Crippen LogP) is 6.07. The molecule has 1 aliphatic carbocycles. The summed E-state index contributed by atoms with van der Waals surface area (Å²) in [5.74, 6) is 1.56. The maximum Gasteiger partial charge on any atom is 0.225 e. The van der Waals surface area contributed by atoms with Crippen LogP contribution in [0.2, 0.25) is 5.02 Å². The van der Waals surface area contributed by atoms with Gasteiger partial charge in [0.25, 0.3) is 0 Å². The Labute approximate surface area is 232 Å². The van der Waals surface area contributed by atoms with E-state index in [4.69, 9.17) is 16.6 Å². The van der Waals surface area contributed by atoms with Gasteiger partial charge in [-0.3, -0.25) is 4.79 Å². The van der Waals surface area contributed by atoms with E-state index < -0.39 is 0 Å². The summed E-state index contributed by atoms with van der Waals surface area (Å²) < 4.78 is 0. The standard InChI is InChI=1S/C29H31ClN6OS/c1-36(2)25-16-17-31-29(34-25)33-23-14-12-22(13-15-23)32-26(37)18-24-27(19-8-10-21(30)11-9-19)35-28(38-24)20-6-4-3-5-7-20/h3-11,16-17,22-23H,12-15,18H2,1-2H3,(H,32,37)(H,31,33,34). The first kappa shape index (κ1) is 26.1. The molecular formula is C29H31ClN6OS. The zero-order chi connectivity index (χ0) is 26.5. The molecule has 0 unspecified atom stereocenters. The highest BCUT2D eigenvalue weighted by Gasteiger charge is 2.24. The van der Waals surface area contributed by atoms with Crippen LogP contribution in [-0.2, 0) is 11.2 Å². The first-order valence-corrected chi connectivity index (χ1v) is 14.0. The number of nitrogens with one attached hydrogen (secondary N) is 2. The molecule has 38 heavy (non-hydrogen) atoms. The number of hydrogen-bond acceptors (Lipinski definition) is 7. The van der Waals surface area contributed by atoms with E-state index in [-0.39, 0.29) is 11.9 Å². The fraction of sp³-hybridized carbons (Fsp3) is 0.310. The van der Waals surface area contributed by atoms with Crippen LogP contribution >= 0.6 is 22.9 Å². The van der Waals surface area contributed by atoms with Gasteiger partial charge < -0.3 is 15.5 Å². The Kier molecular flexibility index (Phi) is 8.20. The van der Waals surface area contributed by atoms with Gasteiger partial charge in [0.1, 0.15) is 10.8 Å². The lowest BCUT2D eigenvalue weighted by atomic mass is 9.91. The van der Waals surface area contributed by atoms with Gasteiger partial charge in [0.15, 0.2) is 0 Å². The van der Waals surface area contributed by atoms with E-state index in [1.807, 2.05) is 79.7 Å². The van der Waals surface area contributed by atoms with E-state index in [1.54, 1.807) is 17.5 Å². The number of amides is 1. The maximum atomic E-state index is 13.1. The lowest BCUT2D eigenvalue weighted by Crippen LogP contribution is -2.40. The van der Waals surface area contributed by atoms with E-state index in [2.05, 4.69) is 20.6 Å². The quantitative estimate of drug-likeness (QED) is 0.279. The molecule has 5 rings (SSSR count). The normalized spacial score (nSPS) is 17.1. The second kappa shape index (κ2) is 11.9. The number of aromatic nitrogens is 3. The Morgan fingerprint density at radius 2 is 1.66 bits per heavy atom. The van der Waals surface area contributed by atoms with Crippen molar-refractivity contribution in [1.29, 1.82) is 0 Å². The number of thiazole rings is 1. The minimum atomic E-state index is 0.0295. The molecule has 7 nitrogen and oxygen atoms in total. The van der Waals surface area contributed by atoms with Crippen LogP contribution in [-0.4, -0.2) is 47.0 Å². The number of rotatable bonds is 8. The molecule has 1 aliphatic rings. The number of carbonyl (C=O) groups excluding carboxylic acids is 1. The molecule has 0 aliphatic heterocycles. The smallest absolute Gasteiger partial charge is 0.225 e. The molecule has 0 saturated heterocycles. The van der Waals surface area contributed by atoms with Crippen LogP contribution in [0, 0.1) is 0 Å². The van der Waals surface area contributed by atoms with Crippen LogP contribution in [0.1, 0.15) is 30.6 Å². The molecule has 2 heterocycles. The minimum absolute atomic E-state index is 0.0295. The van der Waals surface area contributed by atoms with Crippen molar-refractivity contribution in [1.82, 2.24) is 20.3 Å². The molecule has 1 amide bonds. The number of anilines is 2. The summed E-state index contributed by atoms with van der Waals surface area (Å²) in [6, 6.07) is 20.1. The van der Waals surface area contributed by atoms with Gasteiger partial charge in [-0.1, -0.05) is 54.1 Å². The topological polar surface area (TPSA) is 83.0 Å². The fourth-order valence-electron chi connectivity index (χ4n) is 4.67. The Bertz CT molecular complexity index is 1370. The molecule has 0 bridgehead atoms. The number of carbonyl (C=O) groups is 1. The van der Waals surface area contributed by atoms with Crippen molar-refractivity contribution in [2.75, 3.05) is 24.3 Å². The first-order valence-electron chi connectivity index (χ1n) is 12.8. The molecule has 4 aromatic rings. The molecule has 0 atom stereocenters. The van der Waals surface area contributed by atoms with Crippen molar-refractivity contribution >= 4 is 40.6 Å². The van der Waals surface area contributed by atoms with Crippen LogP contribution in [0.5, 0.6) is 0 Å². The Balaban J connectivity index is 1.22. The SMILES string of the molecule is CN(C)c1ccnc(NC2CCC(NC(=O)Cc3sc(-c4ccccc4)nc3-c3ccc(Cl)cc3)CC2)n1. The third-order valence-corrected chi connectivity index (χ3v) is 8.04. The van der Waals surface area contributed by atoms with Crippen molar-refractivity contribution in [2.24, 2.45) is 0 Å². The summed E-state index contributed by atoms with van der Waals surface area (Å²) in [5.41, 5.74) is 2.85. The van der Waals surface area contributed by atoms with Crippen molar-refractivity contribution in [2.45, 2.75) is 44.2 Å². The Hall–Kier alpha value is -3.49. The van der Waals surface area contributed by atoms with E-state index in [9.17, 15) is 4.79 Å². The number of halogens is 1. The summed E-state index contributed by atoms with van der Waals surface area (Å²) in [6.45, 7) is 0. The highest BCUT2D eigenvalue weighted by Crippen LogP contribution is 2.35. The van der Waals surface area contributed by atoms with Crippen LogP contribution in [0.4, 0.5) is 11.8 Å². The van der Waals surface area contributed by atoms with Crippen LogP contribution < -0.4 is 15.5 Å². The monoisotopic (exact) mass is 546 g/mol. The predicted molar refractivity (Wildman–Crippen MR) is 156 cm³/mol. The average Bonchev–Trinajstić information content (AvgIpc) is 3.34. The van der Waals surface area contributed by atoms with E-state index in [1.165, 1.54) is 0 Å². The second-order valence-corrected chi connectivity index (χ2v) is 11.3. The summed E-state index contributed by atoms with van der Waals surface area (Å²) >= 11 is 7.69. The summed E-state index contributed by atoms with van der Waals surface area (Å²) in [5, 5.41) is 8.31. The number of hydrogen-bond donors (Lipinski definition) is 2. The highest BCUT2D eigenvalue weighted by atomic mass is 35.5. The third kappa shape index (κ3) is 6.49. The zero-order valence-corrected chi connectivity index (χ0v) is 23.1. The molecule has 0 radical (unpaired) electrons. The second-order valence-electron chi connectivity index (χ2n) is 9.73. The first-order chi connectivity index (χ1) is 18.4. The molecular weight excluding hydrogens is 516 g/mol. The van der Waals surface area contributed by atoms with Crippen molar-refractivity contribution in [3.8, 4) is 21.8 Å². The lowest BCUT2D eigenvalue weighted by molar-refractivity contribution is -0.121. The van der Waals surface area contributed by atoms with Gasteiger partial charge in [0, 0.05) is 53.4 Å². The maximum absolute atomic E-state index is 13.1.